The number of halogens is 1. The molecular weight excluding hydrogens is 328 g/mol. The van der Waals surface area contributed by atoms with Gasteiger partial charge < -0.3 is 0 Å². The Bertz CT molecular complexity index is 661. The maximum absolute atomic E-state index is 12.2. The molecule has 1 atom stereocenters. The van der Waals surface area contributed by atoms with Crippen molar-refractivity contribution in [1.29, 1.82) is 0 Å². The van der Waals surface area contributed by atoms with Crippen LogP contribution in [-0.4, -0.2) is 13.7 Å². The molecule has 0 aliphatic carbocycles. The lowest BCUT2D eigenvalue weighted by atomic mass is 10.1. The third-order valence-corrected chi connectivity index (χ3v) is 4.24. The van der Waals surface area contributed by atoms with Crippen molar-refractivity contribution in [3.05, 3.63) is 66.2 Å². The predicted octanol–water partition coefficient (Wildman–Crippen LogP) is 3.53. The molecule has 100 valence electrons. The number of benzene rings is 2. The molecule has 2 aromatic rings. The monoisotopic (exact) mass is 341 g/mol. The fourth-order valence-corrected chi connectivity index (χ4v) is 3.14. The normalized spacial score (nSPS) is 15.5. The van der Waals surface area contributed by atoms with E-state index in [1.807, 2.05) is 0 Å². The highest BCUT2D eigenvalue weighted by atomic mass is 79.9. The molecule has 0 amide bonds. The van der Waals surface area contributed by atoms with Crippen LogP contribution in [0.5, 0.6) is 0 Å². The molecular formula is C14H13BrO3S. The van der Waals surface area contributed by atoms with Crippen LogP contribution in [0.15, 0.2) is 65.6 Å². The first-order chi connectivity index (χ1) is 9.48. The van der Waals surface area contributed by atoms with Gasteiger partial charge >= 0.3 is 0 Å². The molecule has 2 aromatic carbocycles. The Hall–Kier alpha value is -1.17. The second kappa shape index (κ2) is 6.32. The molecule has 2 rings (SSSR count). The molecule has 1 unspecified atom stereocenters. The van der Waals surface area contributed by atoms with Gasteiger partial charge in [-0.3, -0.25) is 4.18 Å². The van der Waals surface area contributed by atoms with E-state index in [0.29, 0.717) is 5.56 Å². The van der Waals surface area contributed by atoms with Crippen molar-refractivity contribution in [1.82, 2.24) is 0 Å². The van der Waals surface area contributed by atoms with Crippen LogP contribution in [0.4, 0.5) is 0 Å². The van der Waals surface area contributed by atoms with Gasteiger partial charge in [-0.25, -0.2) is 0 Å². The van der Waals surface area contributed by atoms with Crippen molar-refractivity contribution in [2.45, 2.75) is 11.0 Å². The Kier molecular flexibility index (Phi) is 4.27. The summed E-state index contributed by atoms with van der Waals surface area (Å²) < 4.78 is 37.8. The molecule has 0 saturated heterocycles. The highest BCUT2D eigenvalue weighted by Crippen LogP contribution is 2.25. The largest absolute Gasteiger partial charge is 0.297 e. The Balaban J connectivity index is 2.36. The minimum Gasteiger partial charge on any atom is -0.257 e. The van der Waals surface area contributed by atoms with Gasteiger partial charge in [0.15, 0.2) is 0 Å². The van der Waals surface area contributed by atoms with E-state index < -0.39 is 16.2 Å². The summed E-state index contributed by atoms with van der Waals surface area (Å²) in [5, 5.41) is 0.0378. The zero-order valence-electron chi connectivity index (χ0n) is 11.0. The number of alkyl halides is 1. The summed E-state index contributed by atoms with van der Waals surface area (Å²) in [6, 6.07) is 16.4. The summed E-state index contributed by atoms with van der Waals surface area (Å²) in [5.41, 5.74) is 0.469. The van der Waals surface area contributed by atoms with E-state index >= 15 is 0 Å². The van der Waals surface area contributed by atoms with Crippen LogP contribution in [0.1, 0.15) is 13.0 Å². The van der Waals surface area contributed by atoms with E-state index in [2.05, 4.69) is 15.9 Å². The lowest BCUT2D eigenvalue weighted by Gasteiger charge is -2.15. The van der Waals surface area contributed by atoms with Gasteiger partial charge in [-0.15, -0.1) is 0 Å². The summed E-state index contributed by atoms with van der Waals surface area (Å²) in [6.45, 7) is 0. The van der Waals surface area contributed by atoms with Gasteiger partial charge in [0.1, 0.15) is 6.08 Å². The van der Waals surface area contributed by atoms with E-state index in [9.17, 15) is 8.42 Å². The van der Waals surface area contributed by atoms with E-state index in [0.717, 1.165) is 0 Å². The number of hydrogen-bond acceptors (Lipinski definition) is 3. The molecule has 0 saturated carbocycles. The molecule has 5 heteroatoms. The van der Waals surface area contributed by atoms with Crippen LogP contribution >= 0.6 is 15.9 Å². The maximum Gasteiger partial charge on any atom is 0.297 e. The molecule has 0 aromatic heterocycles. The zero-order valence-corrected chi connectivity index (χ0v) is 12.4. The van der Waals surface area contributed by atoms with Crippen LogP contribution in [0.2, 0.25) is 0 Å². The van der Waals surface area contributed by atoms with Crippen LogP contribution in [-0.2, 0) is 14.3 Å². The zero-order chi connectivity index (χ0) is 14.6. The summed E-state index contributed by atoms with van der Waals surface area (Å²) in [7, 11) is -4.00. The lowest BCUT2D eigenvalue weighted by Crippen LogP contribution is -2.13. The van der Waals surface area contributed by atoms with Crippen molar-refractivity contribution in [2.24, 2.45) is 0 Å². The molecule has 0 radical (unpaired) electrons. The first-order valence-electron chi connectivity index (χ1n) is 6.10. The van der Waals surface area contributed by atoms with Crippen molar-refractivity contribution >= 4 is 26.0 Å². The second-order valence-electron chi connectivity index (χ2n) is 3.77. The molecule has 3 nitrogen and oxygen atoms in total. The number of rotatable bonds is 5. The van der Waals surface area contributed by atoms with Gasteiger partial charge in [0.2, 0.25) is 0 Å². The van der Waals surface area contributed by atoms with Crippen LogP contribution in [0.3, 0.4) is 0 Å². The van der Waals surface area contributed by atoms with Gasteiger partial charge in [-0.2, -0.15) is 8.42 Å². The Morgan fingerprint density at radius 3 is 2.11 bits per heavy atom. The molecule has 0 fully saturated rings. The molecule has 0 N–H and O–H groups in total. The molecule has 0 aliphatic heterocycles. The SMILES string of the molecule is [2H]C(CBr)(OS(=O)(=O)c1ccccc1)c1ccccc1. The minimum absolute atomic E-state index is 0.0357. The summed E-state index contributed by atoms with van der Waals surface area (Å²) >= 11 is 3.16. The lowest BCUT2D eigenvalue weighted by molar-refractivity contribution is 0.240. The molecule has 19 heavy (non-hydrogen) atoms. The van der Waals surface area contributed by atoms with Gasteiger partial charge in [-0.05, 0) is 17.7 Å². The summed E-state index contributed by atoms with van der Waals surface area (Å²) in [4.78, 5) is 0.0357. The van der Waals surface area contributed by atoms with Gasteiger partial charge in [0.25, 0.3) is 10.1 Å². The average Bonchev–Trinajstić information content (AvgIpc) is 2.48. The van der Waals surface area contributed by atoms with E-state index in [1.54, 1.807) is 48.5 Å². The average molecular weight is 342 g/mol. The quantitative estimate of drug-likeness (QED) is 0.617. The van der Waals surface area contributed by atoms with E-state index in [4.69, 9.17) is 5.55 Å². The van der Waals surface area contributed by atoms with Crippen LogP contribution < -0.4 is 0 Å². The van der Waals surface area contributed by atoms with Crippen molar-refractivity contribution in [3.8, 4) is 0 Å². The fraction of sp³-hybridized carbons (Fsp3) is 0.143. The van der Waals surface area contributed by atoms with Crippen molar-refractivity contribution in [3.63, 3.8) is 0 Å². The molecule has 0 heterocycles. The third kappa shape index (κ3) is 3.65. The topological polar surface area (TPSA) is 43.4 Å². The van der Waals surface area contributed by atoms with Crippen molar-refractivity contribution in [2.75, 3.05) is 5.33 Å². The van der Waals surface area contributed by atoms with Crippen LogP contribution in [0, 0.1) is 0 Å². The minimum atomic E-state index is -4.00. The van der Waals surface area contributed by atoms with E-state index in [1.165, 1.54) is 12.1 Å². The molecule has 0 aliphatic rings. The van der Waals surface area contributed by atoms with Crippen LogP contribution in [0.25, 0.3) is 0 Å². The standard InChI is InChI=1S/C14H13BrO3S/c15-11-14(12-7-3-1-4-8-12)18-19(16,17)13-9-5-2-6-10-13/h1-10,14H,11H2/i14D. The molecule has 0 bridgehead atoms. The number of hydrogen-bond donors (Lipinski definition) is 0. The summed E-state index contributed by atoms with van der Waals surface area (Å²) in [5.74, 6) is 0. The Morgan fingerprint density at radius 1 is 1.05 bits per heavy atom. The maximum atomic E-state index is 12.2. The Labute approximate surface area is 122 Å². The second-order valence-corrected chi connectivity index (χ2v) is 5.88. The van der Waals surface area contributed by atoms with Crippen molar-refractivity contribution < 1.29 is 14.0 Å². The van der Waals surface area contributed by atoms with Gasteiger partial charge in [-0.1, -0.05) is 64.5 Å². The smallest absolute Gasteiger partial charge is 0.257 e. The fourth-order valence-electron chi connectivity index (χ4n) is 1.54. The van der Waals surface area contributed by atoms with E-state index in [-0.39, 0.29) is 10.2 Å². The first-order valence-corrected chi connectivity index (χ1v) is 8.13. The highest BCUT2D eigenvalue weighted by Gasteiger charge is 2.22. The summed E-state index contributed by atoms with van der Waals surface area (Å²) in [6.07, 6.45) is -1.70. The third-order valence-electron chi connectivity index (χ3n) is 2.46. The highest BCUT2D eigenvalue weighted by molar-refractivity contribution is 9.09. The Morgan fingerprint density at radius 2 is 1.58 bits per heavy atom. The predicted molar refractivity (Wildman–Crippen MR) is 77.7 cm³/mol. The van der Waals surface area contributed by atoms with Gasteiger partial charge in [0, 0.05) is 5.33 Å². The van der Waals surface area contributed by atoms with Gasteiger partial charge in [0.05, 0.1) is 6.27 Å². The molecule has 0 spiro atoms. The first kappa shape index (κ1) is 12.8.